The fourth-order valence-electron chi connectivity index (χ4n) is 2.84. The Morgan fingerprint density at radius 2 is 1.73 bits per heavy atom. The number of rotatable bonds is 1. The summed E-state index contributed by atoms with van der Waals surface area (Å²) in [6.45, 7) is 0. The Kier molecular flexibility index (Phi) is 3.98. The van der Waals surface area contributed by atoms with Crippen molar-refractivity contribution in [1.29, 1.82) is 10.5 Å². The number of nitrogens with two attached hydrogens (primary N) is 1. The number of nitriles is 2. The summed E-state index contributed by atoms with van der Waals surface area (Å²) in [6.07, 6.45) is 0.805. The Bertz CT molecular complexity index is 829. The summed E-state index contributed by atoms with van der Waals surface area (Å²) in [5, 5.41) is 19.6. The summed E-state index contributed by atoms with van der Waals surface area (Å²) in [6, 6.07) is 11.7. The van der Waals surface area contributed by atoms with E-state index in [1.807, 2.05) is 23.9 Å². The topological polar surface area (TPSA) is 73.6 Å². The first-order valence-corrected chi connectivity index (χ1v) is 8.31. The predicted octanol–water partition coefficient (Wildman–Crippen LogP) is 4.12. The molecule has 2 aromatic rings. The molecule has 2 aromatic carbocycles. The average Bonchev–Trinajstić information content (AvgIpc) is 2.55. The van der Waals surface area contributed by atoms with Crippen LogP contribution in [0.3, 0.4) is 0 Å². The second-order valence-corrected chi connectivity index (χ2v) is 6.57. The molecule has 1 aliphatic heterocycles. The molecule has 1 aliphatic rings. The molecule has 1 heterocycles. The first-order chi connectivity index (χ1) is 10.7. The van der Waals surface area contributed by atoms with Crippen LogP contribution in [0.25, 0.3) is 11.1 Å². The molecule has 0 fully saturated rings. The third kappa shape index (κ3) is 2.31. The Morgan fingerprint density at radius 1 is 1.05 bits per heavy atom. The molecular formula is C17H12ClN3S. The highest BCUT2D eigenvalue weighted by atomic mass is 35.5. The lowest BCUT2D eigenvalue weighted by molar-refractivity contribution is 1.08. The van der Waals surface area contributed by atoms with Gasteiger partial charge >= 0.3 is 0 Å². The van der Waals surface area contributed by atoms with Gasteiger partial charge in [0.05, 0.1) is 16.8 Å². The van der Waals surface area contributed by atoms with Crippen LogP contribution in [0.4, 0.5) is 5.69 Å². The van der Waals surface area contributed by atoms with E-state index in [-0.39, 0.29) is 0 Å². The molecule has 3 nitrogen and oxygen atoms in total. The van der Waals surface area contributed by atoms with E-state index in [4.69, 9.17) is 17.3 Å². The molecule has 5 heteroatoms. The Balaban J connectivity index is 2.38. The summed E-state index contributed by atoms with van der Waals surface area (Å²) in [5.41, 5.74) is 11.1. The number of fused-ring (bicyclic) bond motifs is 1. The maximum absolute atomic E-state index is 9.56. The van der Waals surface area contributed by atoms with E-state index in [0.717, 1.165) is 40.2 Å². The van der Waals surface area contributed by atoms with Crippen molar-refractivity contribution in [3.63, 3.8) is 0 Å². The highest BCUT2D eigenvalue weighted by Gasteiger charge is 2.25. The lowest BCUT2D eigenvalue weighted by atomic mass is 9.86. The van der Waals surface area contributed by atoms with Gasteiger partial charge in [0, 0.05) is 16.3 Å². The van der Waals surface area contributed by atoms with Crippen molar-refractivity contribution in [3.05, 3.63) is 51.5 Å². The first kappa shape index (κ1) is 14.8. The number of hydrogen-bond donors (Lipinski definition) is 1. The van der Waals surface area contributed by atoms with Gasteiger partial charge in [0.25, 0.3) is 0 Å². The fourth-order valence-corrected chi connectivity index (χ4v) is 3.98. The van der Waals surface area contributed by atoms with Crippen molar-refractivity contribution in [2.45, 2.75) is 12.2 Å². The smallest absolute Gasteiger partial charge is 0.102 e. The van der Waals surface area contributed by atoms with E-state index < -0.39 is 0 Å². The minimum Gasteiger partial charge on any atom is -0.397 e. The van der Waals surface area contributed by atoms with Crippen molar-refractivity contribution < 1.29 is 0 Å². The number of hydrogen-bond acceptors (Lipinski definition) is 4. The zero-order valence-electron chi connectivity index (χ0n) is 11.7. The van der Waals surface area contributed by atoms with Crippen LogP contribution in [0.5, 0.6) is 0 Å². The van der Waals surface area contributed by atoms with Gasteiger partial charge in [0.15, 0.2) is 0 Å². The number of nitrogens with zero attached hydrogens (tertiary/aromatic N) is 2. The Labute approximate surface area is 138 Å². The molecule has 2 N–H and O–H groups in total. The van der Waals surface area contributed by atoms with E-state index in [1.165, 1.54) is 0 Å². The third-order valence-corrected chi connectivity index (χ3v) is 5.09. The van der Waals surface area contributed by atoms with Gasteiger partial charge in [0.2, 0.25) is 0 Å². The zero-order valence-corrected chi connectivity index (χ0v) is 13.3. The summed E-state index contributed by atoms with van der Waals surface area (Å²) in [4.78, 5) is 0. The second-order valence-electron chi connectivity index (χ2n) is 5.03. The average molecular weight is 326 g/mol. The van der Waals surface area contributed by atoms with Crippen molar-refractivity contribution >= 4 is 29.1 Å². The van der Waals surface area contributed by atoms with Crippen LogP contribution in [0.15, 0.2) is 24.3 Å². The number of thioether (sulfide) groups is 1. The monoisotopic (exact) mass is 325 g/mol. The van der Waals surface area contributed by atoms with Crippen molar-refractivity contribution in [2.24, 2.45) is 0 Å². The SMILES string of the molecule is N#Cc1c(N)c(C#N)c(-c2ccc(Cl)cc2)c2c1CCSC2. The number of halogens is 1. The van der Waals surface area contributed by atoms with Crippen LogP contribution in [-0.2, 0) is 12.2 Å². The normalized spacial score (nSPS) is 13.0. The van der Waals surface area contributed by atoms with Crippen molar-refractivity contribution in [3.8, 4) is 23.3 Å². The van der Waals surface area contributed by atoms with E-state index in [0.29, 0.717) is 21.8 Å². The molecule has 0 amide bonds. The summed E-state index contributed by atoms with van der Waals surface area (Å²) < 4.78 is 0. The molecule has 0 saturated heterocycles. The molecular weight excluding hydrogens is 314 g/mol. The zero-order chi connectivity index (χ0) is 15.7. The molecule has 0 radical (unpaired) electrons. The lowest BCUT2D eigenvalue weighted by Crippen LogP contribution is -2.12. The molecule has 22 heavy (non-hydrogen) atoms. The number of anilines is 1. The maximum atomic E-state index is 9.56. The van der Waals surface area contributed by atoms with Gasteiger partial charge in [-0.15, -0.1) is 0 Å². The molecule has 108 valence electrons. The number of nitrogen functional groups attached to an aromatic ring is 1. The standard InChI is InChI=1S/C17H12ClN3S/c18-11-3-1-10(2-4-11)16-14(8-20)17(21)13(7-19)12-5-6-22-9-15(12)16/h1-4H,5-6,9,21H2. The molecule has 0 aromatic heterocycles. The molecule has 0 saturated carbocycles. The molecule has 0 bridgehead atoms. The van der Waals surface area contributed by atoms with Crippen molar-refractivity contribution in [1.82, 2.24) is 0 Å². The van der Waals surface area contributed by atoms with Gasteiger partial charge in [-0.25, -0.2) is 0 Å². The Morgan fingerprint density at radius 3 is 2.36 bits per heavy atom. The number of benzene rings is 2. The van der Waals surface area contributed by atoms with Crippen LogP contribution in [-0.4, -0.2) is 5.75 Å². The quantitative estimate of drug-likeness (QED) is 0.800. The fraction of sp³-hybridized carbons (Fsp3) is 0.176. The first-order valence-electron chi connectivity index (χ1n) is 6.78. The molecule has 0 spiro atoms. The van der Waals surface area contributed by atoms with Gasteiger partial charge in [-0.2, -0.15) is 22.3 Å². The van der Waals surface area contributed by atoms with Crippen LogP contribution in [0.1, 0.15) is 22.3 Å². The van der Waals surface area contributed by atoms with Gasteiger partial charge < -0.3 is 5.73 Å². The van der Waals surface area contributed by atoms with Crippen molar-refractivity contribution in [2.75, 3.05) is 11.5 Å². The van der Waals surface area contributed by atoms with E-state index in [2.05, 4.69) is 12.1 Å². The van der Waals surface area contributed by atoms with Gasteiger partial charge in [-0.3, -0.25) is 0 Å². The molecule has 0 atom stereocenters. The Hall–Kier alpha value is -2.14. The third-order valence-electron chi connectivity index (χ3n) is 3.86. The van der Waals surface area contributed by atoms with Gasteiger partial charge in [-0.05, 0) is 41.0 Å². The largest absolute Gasteiger partial charge is 0.397 e. The lowest BCUT2D eigenvalue weighted by Gasteiger charge is -2.23. The summed E-state index contributed by atoms with van der Waals surface area (Å²) in [5.74, 6) is 1.75. The molecule has 3 rings (SSSR count). The predicted molar refractivity (Wildman–Crippen MR) is 90.6 cm³/mol. The highest BCUT2D eigenvalue weighted by molar-refractivity contribution is 7.98. The minimum atomic E-state index is 0.292. The second kappa shape index (κ2) is 5.93. The van der Waals surface area contributed by atoms with Gasteiger partial charge in [-0.1, -0.05) is 23.7 Å². The molecule has 0 aliphatic carbocycles. The van der Waals surface area contributed by atoms with Crippen LogP contribution in [0, 0.1) is 22.7 Å². The van der Waals surface area contributed by atoms with Crippen LogP contribution in [0.2, 0.25) is 5.02 Å². The van der Waals surface area contributed by atoms with E-state index >= 15 is 0 Å². The van der Waals surface area contributed by atoms with Gasteiger partial charge in [0.1, 0.15) is 12.1 Å². The van der Waals surface area contributed by atoms with E-state index in [9.17, 15) is 10.5 Å². The van der Waals surface area contributed by atoms with E-state index in [1.54, 1.807) is 12.1 Å². The highest BCUT2D eigenvalue weighted by Crippen LogP contribution is 2.41. The summed E-state index contributed by atoms with van der Waals surface area (Å²) >= 11 is 7.77. The van der Waals surface area contributed by atoms with Crippen LogP contribution < -0.4 is 5.73 Å². The summed E-state index contributed by atoms with van der Waals surface area (Å²) in [7, 11) is 0. The maximum Gasteiger partial charge on any atom is 0.102 e. The minimum absolute atomic E-state index is 0.292. The van der Waals surface area contributed by atoms with Crippen LogP contribution >= 0.6 is 23.4 Å². The molecule has 0 unspecified atom stereocenters.